The second kappa shape index (κ2) is 4.75. The van der Waals surface area contributed by atoms with Crippen LogP contribution < -0.4 is 4.74 Å². The number of fused-ring (bicyclic) bond motifs is 1. The van der Waals surface area contributed by atoms with E-state index < -0.39 is 0 Å². The summed E-state index contributed by atoms with van der Waals surface area (Å²) >= 11 is 0. The molecule has 3 rings (SSSR count). The van der Waals surface area contributed by atoms with Gasteiger partial charge in [-0.1, -0.05) is 18.2 Å². The van der Waals surface area contributed by atoms with Crippen LogP contribution >= 0.6 is 0 Å². The number of ether oxygens (including phenoxy) is 1. The normalized spacial score (nSPS) is 10.1. The largest absolute Gasteiger partial charge is 0.452 e. The van der Waals surface area contributed by atoms with E-state index >= 15 is 0 Å². The first-order valence-corrected chi connectivity index (χ1v) is 5.75. The molecule has 0 bridgehead atoms. The fraction of sp³-hybridized carbons (Fsp3) is 0. The number of para-hydroxylation sites is 1. The van der Waals surface area contributed by atoms with E-state index in [1.54, 1.807) is 24.5 Å². The van der Waals surface area contributed by atoms with Crippen LogP contribution in [-0.2, 0) is 0 Å². The minimum Gasteiger partial charge on any atom is -0.452 e. The van der Waals surface area contributed by atoms with Crippen molar-refractivity contribution >= 4 is 10.9 Å². The topological polar surface area (TPSA) is 58.8 Å². The van der Waals surface area contributed by atoms with Gasteiger partial charge < -0.3 is 4.74 Å². The standard InChI is InChI=1S/C15H9N3O/c16-10-12-13(7-3-8-17-12)19-14-6-1-4-11-5-2-9-18-15(11)14/h1-9H. The number of hydrogen-bond acceptors (Lipinski definition) is 4. The molecule has 0 saturated carbocycles. The van der Waals surface area contributed by atoms with Gasteiger partial charge in [-0.3, -0.25) is 4.98 Å². The molecular formula is C15H9N3O. The monoisotopic (exact) mass is 247 g/mol. The summed E-state index contributed by atoms with van der Waals surface area (Å²) in [7, 11) is 0. The molecule has 3 aromatic rings. The summed E-state index contributed by atoms with van der Waals surface area (Å²) in [6.45, 7) is 0. The lowest BCUT2D eigenvalue weighted by Crippen LogP contribution is -1.92. The van der Waals surface area contributed by atoms with Crippen molar-refractivity contribution in [3.05, 3.63) is 60.6 Å². The average molecular weight is 247 g/mol. The summed E-state index contributed by atoms with van der Waals surface area (Å²) in [5.74, 6) is 1.05. The Hall–Kier alpha value is -2.93. The van der Waals surface area contributed by atoms with E-state index in [1.165, 1.54) is 0 Å². The third-order valence-corrected chi connectivity index (χ3v) is 2.69. The van der Waals surface area contributed by atoms with E-state index in [2.05, 4.69) is 9.97 Å². The molecule has 0 amide bonds. The van der Waals surface area contributed by atoms with Crippen LogP contribution in [0, 0.1) is 11.3 Å². The summed E-state index contributed by atoms with van der Waals surface area (Å²) in [6.07, 6.45) is 3.27. The van der Waals surface area contributed by atoms with Crippen LogP contribution in [0.25, 0.3) is 10.9 Å². The van der Waals surface area contributed by atoms with E-state index in [-0.39, 0.29) is 5.69 Å². The van der Waals surface area contributed by atoms with Crippen molar-refractivity contribution in [3.8, 4) is 17.6 Å². The zero-order valence-corrected chi connectivity index (χ0v) is 9.95. The van der Waals surface area contributed by atoms with Gasteiger partial charge in [0.1, 0.15) is 11.6 Å². The molecule has 0 aliphatic rings. The van der Waals surface area contributed by atoms with Crippen molar-refractivity contribution in [2.45, 2.75) is 0 Å². The quantitative estimate of drug-likeness (QED) is 0.697. The summed E-state index contributed by atoms with van der Waals surface area (Å²) < 4.78 is 5.77. The lowest BCUT2D eigenvalue weighted by Gasteiger charge is -2.08. The summed E-state index contributed by atoms with van der Waals surface area (Å²) in [5.41, 5.74) is 1.02. The SMILES string of the molecule is N#Cc1ncccc1Oc1cccc2cccnc12. The van der Waals surface area contributed by atoms with E-state index in [0.717, 1.165) is 10.9 Å². The lowest BCUT2D eigenvalue weighted by atomic mass is 10.2. The molecule has 2 aromatic heterocycles. The van der Waals surface area contributed by atoms with Gasteiger partial charge in [0.25, 0.3) is 0 Å². The second-order valence-electron chi connectivity index (χ2n) is 3.90. The van der Waals surface area contributed by atoms with Gasteiger partial charge in [0.2, 0.25) is 0 Å². The Kier molecular flexibility index (Phi) is 2.79. The Balaban J connectivity index is 2.09. The maximum atomic E-state index is 9.00. The van der Waals surface area contributed by atoms with E-state index in [1.807, 2.05) is 36.4 Å². The van der Waals surface area contributed by atoms with Gasteiger partial charge in [-0.05, 0) is 24.3 Å². The Bertz CT molecular complexity index is 772. The Morgan fingerprint density at radius 2 is 1.63 bits per heavy atom. The van der Waals surface area contributed by atoms with Crippen molar-refractivity contribution in [2.24, 2.45) is 0 Å². The van der Waals surface area contributed by atoms with E-state index in [9.17, 15) is 0 Å². The van der Waals surface area contributed by atoms with Crippen molar-refractivity contribution < 1.29 is 4.74 Å². The number of nitriles is 1. The molecule has 4 nitrogen and oxygen atoms in total. The van der Waals surface area contributed by atoms with Crippen molar-refractivity contribution in [1.82, 2.24) is 9.97 Å². The zero-order valence-electron chi connectivity index (χ0n) is 9.95. The minimum absolute atomic E-state index is 0.260. The van der Waals surface area contributed by atoms with E-state index in [0.29, 0.717) is 11.5 Å². The fourth-order valence-corrected chi connectivity index (χ4v) is 1.83. The fourth-order valence-electron chi connectivity index (χ4n) is 1.83. The highest BCUT2D eigenvalue weighted by molar-refractivity contribution is 5.84. The first kappa shape index (κ1) is 11.2. The molecule has 2 heterocycles. The van der Waals surface area contributed by atoms with Gasteiger partial charge in [-0.2, -0.15) is 5.26 Å². The Morgan fingerprint density at radius 3 is 2.53 bits per heavy atom. The number of rotatable bonds is 2. The Labute approximate surface area is 109 Å². The minimum atomic E-state index is 0.260. The lowest BCUT2D eigenvalue weighted by molar-refractivity contribution is 0.483. The number of nitrogens with zero attached hydrogens (tertiary/aromatic N) is 3. The van der Waals surface area contributed by atoms with Gasteiger partial charge in [0, 0.05) is 17.8 Å². The molecule has 90 valence electrons. The molecule has 0 atom stereocenters. The first-order chi connectivity index (χ1) is 9.38. The molecule has 0 unspecified atom stereocenters. The number of benzene rings is 1. The van der Waals surface area contributed by atoms with Crippen LogP contribution in [0.15, 0.2) is 54.9 Å². The predicted octanol–water partition coefficient (Wildman–Crippen LogP) is 3.29. The molecule has 0 saturated heterocycles. The summed E-state index contributed by atoms with van der Waals surface area (Å²) in [4.78, 5) is 8.27. The van der Waals surface area contributed by atoms with Gasteiger partial charge in [-0.25, -0.2) is 4.98 Å². The van der Waals surface area contributed by atoms with Gasteiger partial charge >= 0.3 is 0 Å². The molecule has 0 fully saturated rings. The third-order valence-electron chi connectivity index (χ3n) is 2.69. The van der Waals surface area contributed by atoms with Crippen LogP contribution in [0.1, 0.15) is 5.69 Å². The van der Waals surface area contributed by atoms with Crippen LogP contribution in [0.3, 0.4) is 0 Å². The molecule has 4 heteroatoms. The van der Waals surface area contributed by atoms with Crippen molar-refractivity contribution in [1.29, 1.82) is 5.26 Å². The zero-order chi connectivity index (χ0) is 13.1. The molecule has 0 spiro atoms. The molecular weight excluding hydrogens is 238 g/mol. The molecule has 19 heavy (non-hydrogen) atoms. The van der Waals surface area contributed by atoms with Crippen LogP contribution in [0.2, 0.25) is 0 Å². The Morgan fingerprint density at radius 1 is 0.895 bits per heavy atom. The second-order valence-corrected chi connectivity index (χ2v) is 3.90. The summed E-state index contributed by atoms with van der Waals surface area (Å²) in [5, 5.41) is 9.99. The van der Waals surface area contributed by atoms with Gasteiger partial charge in [0.05, 0.1) is 0 Å². The number of pyridine rings is 2. The maximum absolute atomic E-state index is 9.00. The van der Waals surface area contributed by atoms with Crippen molar-refractivity contribution in [3.63, 3.8) is 0 Å². The van der Waals surface area contributed by atoms with E-state index in [4.69, 9.17) is 10.00 Å². The molecule has 0 aliphatic carbocycles. The average Bonchev–Trinajstić information content (AvgIpc) is 2.48. The predicted molar refractivity (Wildman–Crippen MR) is 70.8 cm³/mol. The third kappa shape index (κ3) is 2.09. The highest BCUT2D eigenvalue weighted by Gasteiger charge is 2.08. The smallest absolute Gasteiger partial charge is 0.183 e. The van der Waals surface area contributed by atoms with Gasteiger partial charge in [0.15, 0.2) is 17.2 Å². The number of aromatic nitrogens is 2. The van der Waals surface area contributed by atoms with Crippen LogP contribution in [-0.4, -0.2) is 9.97 Å². The highest BCUT2D eigenvalue weighted by Crippen LogP contribution is 2.29. The summed E-state index contributed by atoms with van der Waals surface area (Å²) in [6, 6.07) is 15.0. The molecule has 0 radical (unpaired) electrons. The molecule has 0 N–H and O–H groups in total. The van der Waals surface area contributed by atoms with Crippen LogP contribution in [0.4, 0.5) is 0 Å². The maximum Gasteiger partial charge on any atom is 0.183 e. The van der Waals surface area contributed by atoms with Gasteiger partial charge in [-0.15, -0.1) is 0 Å². The molecule has 1 aromatic carbocycles. The number of hydrogen-bond donors (Lipinski definition) is 0. The van der Waals surface area contributed by atoms with Crippen LogP contribution in [0.5, 0.6) is 11.5 Å². The highest BCUT2D eigenvalue weighted by atomic mass is 16.5. The van der Waals surface area contributed by atoms with Crippen molar-refractivity contribution in [2.75, 3.05) is 0 Å². The first-order valence-electron chi connectivity index (χ1n) is 5.75. The molecule has 0 aliphatic heterocycles.